The third-order valence-corrected chi connectivity index (χ3v) is 5.71. The minimum Gasteiger partial charge on any atom is -0.465 e. The lowest BCUT2D eigenvalue weighted by Crippen LogP contribution is -2.49. The molecule has 3 atom stereocenters. The molecule has 10 heteroatoms. The van der Waals surface area contributed by atoms with Crippen LogP contribution in [-0.4, -0.2) is 94.6 Å². The van der Waals surface area contributed by atoms with Gasteiger partial charge in [0.15, 0.2) is 0 Å². The molecule has 0 spiro atoms. The summed E-state index contributed by atoms with van der Waals surface area (Å²) in [6.45, 7) is 0.432. The van der Waals surface area contributed by atoms with E-state index in [2.05, 4.69) is 0 Å². The minimum absolute atomic E-state index is 0.0485. The van der Waals surface area contributed by atoms with Crippen LogP contribution in [0.25, 0.3) is 6.08 Å². The van der Waals surface area contributed by atoms with Crippen LogP contribution in [0.1, 0.15) is 29.0 Å². The number of benzene rings is 1. The van der Waals surface area contributed by atoms with Crippen LogP contribution in [0.3, 0.4) is 0 Å². The number of β-amino-alcohol motifs (C(OH)–C–C–N with tert-alkyl or cyclic N) is 1. The topological polar surface area (TPSA) is 124 Å². The monoisotopic (exact) mass is 490 g/mol. The van der Waals surface area contributed by atoms with Gasteiger partial charge in [-0.3, -0.25) is 9.59 Å². The summed E-state index contributed by atoms with van der Waals surface area (Å²) in [5, 5.41) is 31.0. The number of amides is 2. The Bertz CT molecular complexity index is 965. The number of carbonyl (C=O) groups is 2. The highest BCUT2D eigenvalue weighted by molar-refractivity contribution is 5.94. The van der Waals surface area contributed by atoms with E-state index in [1.807, 2.05) is 0 Å². The number of aliphatic hydroxyl groups is 3. The molecular formula is C25H31FN2O7. The fraction of sp³-hybridized carbons (Fsp3) is 0.440. The van der Waals surface area contributed by atoms with E-state index in [1.165, 1.54) is 29.4 Å². The van der Waals surface area contributed by atoms with Crippen LogP contribution in [0.15, 0.2) is 53.2 Å². The van der Waals surface area contributed by atoms with Crippen molar-refractivity contribution >= 4 is 17.9 Å². The van der Waals surface area contributed by atoms with Gasteiger partial charge >= 0.3 is 0 Å². The van der Waals surface area contributed by atoms with Crippen LogP contribution in [0.4, 0.5) is 4.39 Å². The van der Waals surface area contributed by atoms with Gasteiger partial charge in [-0.2, -0.15) is 0 Å². The van der Waals surface area contributed by atoms with E-state index in [0.717, 1.165) is 12.1 Å². The Morgan fingerprint density at radius 3 is 2.43 bits per heavy atom. The van der Waals surface area contributed by atoms with Gasteiger partial charge < -0.3 is 34.3 Å². The number of hydrogen-bond donors (Lipinski definition) is 3. The first kappa shape index (κ1) is 26.6. The van der Waals surface area contributed by atoms with Crippen molar-refractivity contribution in [3.8, 4) is 0 Å². The Hall–Kier alpha value is -3.05. The molecule has 2 aromatic rings. The maximum atomic E-state index is 13.3. The molecule has 2 heterocycles. The van der Waals surface area contributed by atoms with E-state index in [1.54, 1.807) is 23.1 Å². The largest absolute Gasteiger partial charge is 0.465 e. The van der Waals surface area contributed by atoms with Gasteiger partial charge in [0.25, 0.3) is 5.91 Å². The van der Waals surface area contributed by atoms with E-state index in [9.17, 15) is 29.3 Å². The Kier molecular flexibility index (Phi) is 9.98. The molecule has 1 saturated heterocycles. The predicted molar refractivity (Wildman–Crippen MR) is 125 cm³/mol. The van der Waals surface area contributed by atoms with Gasteiger partial charge in [0.2, 0.25) is 5.91 Å². The molecule has 1 aliphatic rings. The zero-order valence-electron chi connectivity index (χ0n) is 19.3. The van der Waals surface area contributed by atoms with Gasteiger partial charge in [-0.1, -0.05) is 0 Å². The molecule has 9 nitrogen and oxygen atoms in total. The normalized spacial score (nSPS) is 23.3. The number of halogens is 1. The van der Waals surface area contributed by atoms with E-state index in [-0.39, 0.29) is 37.7 Å². The van der Waals surface area contributed by atoms with Crippen LogP contribution in [0, 0.1) is 5.82 Å². The molecule has 1 aromatic carbocycles. The first-order chi connectivity index (χ1) is 16.8. The van der Waals surface area contributed by atoms with Crippen molar-refractivity contribution in [3.63, 3.8) is 0 Å². The number of nitrogens with zero attached hydrogens (tertiary/aromatic N) is 2. The second kappa shape index (κ2) is 13.1. The molecular weight excluding hydrogens is 459 g/mol. The van der Waals surface area contributed by atoms with E-state index < -0.39 is 30.0 Å². The highest BCUT2D eigenvalue weighted by Gasteiger charge is 2.29. The highest BCUT2D eigenvalue weighted by atomic mass is 19.1. The molecule has 0 unspecified atom stereocenters. The molecule has 3 rings (SSSR count). The first-order valence-electron chi connectivity index (χ1n) is 11.5. The fourth-order valence-electron chi connectivity index (χ4n) is 3.67. The SMILES string of the molecule is O=C(/C=C/c1ccco1)N1CCCCOC[C@@H](O)[C@H](O)[C@@H](O)CN(C(=O)c2ccc(F)cc2)CC1. The quantitative estimate of drug-likeness (QED) is 0.554. The average molecular weight is 491 g/mol. The molecule has 0 saturated carbocycles. The van der Waals surface area contributed by atoms with Gasteiger partial charge in [-0.25, -0.2) is 4.39 Å². The average Bonchev–Trinajstić information content (AvgIpc) is 3.38. The molecule has 0 bridgehead atoms. The van der Waals surface area contributed by atoms with E-state index in [4.69, 9.17) is 9.15 Å². The highest BCUT2D eigenvalue weighted by Crippen LogP contribution is 2.12. The minimum atomic E-state index is -1.55. The molecule has 35 heavy (non-hydrogen) atoms. The van der Waals surface area contributed by atoms with Crippen molar-refractivity contribution in [1.82, 2.24) is 9.80 Å². The molecule has 0 aliphatic carbocycles. The lowest BCUT2D eigenvalue weighted by molar-refractivity contribution is -0.126. The summed E-state index contributed by atoms with van der Waals surface area (Å²) in [5.74, 6) is -0.758. The predicted octanol–water partition coefficient (Wildman–Crippen LogP) is 1.30. The van der Waals surface area contributed by atoms with Gasteiger partial charge in [0, 0.05) is 44.4 Å². The van der Waals surface area contributed by atoms with Gasteiger partial charge in [-0.05, 0) is 55.3 Å². The summed E-state index contributed by atoms with van der Waals surface area (Å²) in [7, 11) is 0. The van der Waals surface area contributed by atoms with Crippen molar-refractivity contribution in [1.29, 1.82) is 0 Å². The molecule has 190 valence electrons. The van der Waals surface area contributed by atoms with Crippen molar-refractivity contribution in [2.24, 2.45) is 0 Å². The third kappa shape index (κ3) is 8.00. The lowest BCUT2D eigenvalue weighted by atomic mass is 10.1. The first-order valence-corrected chi connectivity index (χ1v) is 11.5. The Balaban J connectivity index is 1.79. The fourth-order valence-corrected chi connectivity index (χ4v) is 3.67. The van der Waals surface area contributed by atoms with Crippen molar-refractivity contribution in [3.05, 3.63) is 65.9 Å². The summed E-state index contributed by atoms with van der Waals surface area (Å²) in [4.78, 5) is 28.9. The summed E-state index contributed by atoms with van der Waals surface area (Å²) in [6, 6.07) is 8.38. The summed E-state index contributed by atoms with van der Waals surface area (Å²) < 4.78 is 24.0. The number of hydrogen-bond acceptors (Lipinski definition) is 7. The van der Waals surface area contributed by atoms with Crippen LogP contribution in [0.5, 0.6) is 0 Å². The Morgan fingerprint density at radius 1 is 0.971 bits per heavy atom. The molecule has 1 aliphatic heterocycles. The summed E-state index contributed by atoms with van der Waals surface area (Å²) in [5.41, 5.74) is 0.189. The number of rotatable bonds is 3. The molecule has 1 aromatic heterocycles. The summed E-state index contributed by atoms with van der Waals surface area (Å²) >= 11 is 0. The standard InChI is InChI=1S/C25H31FN2O7/c26-19-7-5-18(6-8-19)25(33)28-13-12-27(23(31)10-9-20-4-3-15-35-20)11-1-2-14-34-17-22(30)24(32)21(29)16-28/h3-10,15,21-22,24,29-30,32H,1-2,11-14,16-17H2/b10-9+/t21-,22+,24+/m0/s1. The van der Waals surface area contributed by atoms with E-state index in [0.29, 0.717) is 31.8 Å². The van der Waals surface area contributed by atoms with Crippen LogP contribution < -0.4 is 0 Å². The third-order valence-electron chi connectivity index (χ3n) is 5.71. The Labute approximate surface area is 203 Å². The molecule has 2 amide bonds. The maximum Gasteiger partial charge on any atom is 0.254 e. The van der Waals surface area contributed by atoms with Crippen molar-refractivity contribution in [2.45, 2.75) is 31.2 Å². The molecule has 3 N–H and O–H groups in total. The zero-order valence-corrected chi connectivity index (χ0v) is 19.3. The van der Waals surface area contributed by atoms with Crippen LogP contribution in [-0.2, 0) is 9.53 Å². The summed E-state index contributed by atoms with van der Waals surface area (Å²) in [6.07, 6.45) is 1.32. The van der Waals surface area contributed by atoms with Crippen LogP contribution in [0.2, 0.25) is 0 Å². The smallest absolute Gasteiger partial charge is 0.254 e. The molecule has 1 fully saturated rings. The molecule has 0 radical (unpaired) electrons. The number of aliphatic hydroxyl groups excluding tert-OH is 3. The lowest BCUT2D eigenvalue weighted by Gasteiger charge is -2.32. The van der Waals surface area contributed by atoms with E-state index >= 15 is 0 Å². The zero-order chi connectivity index (χ0) is 25.2. The van der Waals surface area contributed by atoms with Gasteiger partial charge in [0.05, 0.1) is 12.9 Å². The number of carbonyl (C=O) groups excluding carboxylic acids is 2. The van der Waals surface area contributed by atoms with Gasteiger partial charge in [0.1, 0.15) is 29.9 Å². The Morgan fingerprint density at radius 2 is 1.71 bits per heavy atom. The maximum absolute atomic E-state index is 13.3. The van der Waals surface area contributed by atoms with Crippen molar-refractivity contribution in [2.75, 3.05) is 39.4 Å². The van der Waals surface area contributed by atoms with Gasteiger partial charge in [-0.15, -0.1) is 0 Å². The second-order valence-electron chi connectivity index (χ2n) is 8.34. The van der Waals surface area contributed by atoms with Crippen LogP contribution >= 0.6 is 0 Å². The second-order valence-corrected chi connectivity index (χ2v) is 8.34. The van der Waals surface area contributed by atoms with Crippen molar-refractivity contribution < 1.29 is 38.5 Å². The number of furan rings is 1. The number of ether oxygens (including phenoxy) is 1.